The van der Waals surface area contributed by atoms with Gasteiger partial charge in [0.1, 0.15) is 11.6 Å². The lowest BCUT2D eigenvalue weighted by atomic mass is 9.89. The van der Waals surface area contributed by atoms with Crippen LogP contribution in [0, 0.1) is 11.7 Å². The first-order chi connectivity index (χ1) is 19.4. The van der Waals surface area contributed by atoms with E-state index in [9.17, 15) is 14.0 Å². The highest BCUT2D eigenvalue weighted by Crippen LogP contribution is 2.27. The molecule has 40 heavy (non-hydrogen) atoms. The SMILES string of the molecule is CC(=O)Oc1ccccc1CN1CCC(CCC(=O)c2ccc3c(c2)CN(Cc2ccc(F)cc2)CCC3)CC1. The summed E-state index contributed by atoms with van der Waals surface area (Å²) in [7, 11) is 0. The van der Waals surface area contributed by atoms with Crippen molar-refractivity contribution in [2.45, 2.75) is 65.1 Å². The largest absolute Gasteiger partial charge is 0.426 e. The van der Waals surface area contributed by atoms with E-state index in [0.717, 1.165) is 88.1 Å². The Labute approximate surface area is 236 Å². The molecule has 210 valence electrons. The average Bonchev–Trinajstić information content (AvgIpc) is 3.15. The molecule has 2 heterocycles. The molecule has 2 aliphatic rings. The Morgan fingerprint density at radius 1 is 0.900 bits per heavy atom. The smallest absolute Gasteiger partial charge is 0.308 e. The van der Waals surface area contributed by atoms with Gasteiger partial charge in [0.2, 0.25) is 0 Å². The summed E-state index contributed by atoms with van der Waals surface area (Å²) in [5.74, 6) is 0.918. The van der Waals surface area contributed by atoms with E-state index in [2.05, 4.69) is 21.9 Å². The highest BCUT2D eigenvalue weighted by molar-refractivity contribution is 5.96. The zero-order chi connectivity index (χ0) is 27.9. The topological polar surface area (TPSA) is 49.9 Å². The molecule has 1 fully saturated rings. The van der Waals surface area contributed by atoms with E-state index in [1.165, 1.54) is 30.2 Å². The summed E-state index contributed by atoms with van der Waals surface area (Å²) in [5.41, 5.74) is 5.54. The molecule has 0 atom stereocenters. The van der Waals surface area contributed by atoms with Crippen LogP contribution in [0.5, 0.6) is 5.75 Å². The minimum Gasteiger partial charge on any atom is -0.426 e. The molecule has 0 N–H and O–H groups in total. The molecule has 0 radical (unpaired) electrons. The Kier molecular flexibility index (Phi) is 9.40. The van der Waals surface area contributed by atoms with E-state index in [4.69, 9.17) is 4.74 Å². The van der Waals surface area contributed by atoms with Crippen LogP contribution in [-0.4, -0.2) is 41.2 Å². The third-order valence-corrected chi connectivity index (χ3v) is 8.27. The average molecular weight is 543 g/mol. The van der Waals surface area contributed by atoms with E-state index in [1.807, 2.05) is 42.5 Å². The van der Waals surface area contributed by atoms with Gasteiger partial charge in [-0.2, -0.15) is 0 Å². The van der Waals surface area contributed by atoms with Crippen molar-refractivity contribution in [3.63, 3.8) is 0 Å². The van der Waals surface area contributed by atoms with Gasteiger partial charge in [-0.15, -0.1) is 0 Å². The Morgan fingerprint density at radius 3 is 2.45 bits per heavy atom. The van der Waals surface area contributed by atoms with Crippen molar-refractivity contribution >= 4 is 11.8 Å². The number of ketones is 1. The zero-order valence-corrected chi connectivity index (χ0v) is 23.4. The number of rotatable bonds is 9. The number of piperidine rings is 1. The van der Waals surface area contributed by atoms with Crippen LogP contribution in [0.15, 0.2) is 66.7 Å². The fraction of sp³-hybridized carbons (Fsp3) is 0.412. The summed E-state index contributed by atoms with van der Waals surface area (Å²) in [5, 5.41) is 0. The number of hydrogen-bond acceptors (Lipinski definition) is 5. The van der Waals surface area contributed by atoms with Gasteiger partial charge in [0.25, 0.3) is 0 Å². The van der Waals surface area contributed by atoms with E-state index < -0.39 is 0 Å². The summed E-state index contributed by atoms with van der Waals surface area (Å²) in [6.07, 6.45) is 5.75. The molecule has 3 aromatic rings. The van der Waals surface area contributed by atoms with Crippen LogP contribution >= 0.6 is 0 Å². The predicted molar refractivity (Wildman–Crippen MR) is 155 cm³/mol. The second-order valence-electron chi connectivity index (χ2n) is 11.3. The van der Waals surface area contributed by atoms with Gasteiger partial charge in [-0.1, -0.05) is 42.5 Å². The van der Waals surface area contributed by atoms with E-state index in [-0.39, 0.29) is 17.6 Å². The number of halogens is 1. The first-order valence-electron chi connectivity index (χ1n) is 14.5. The third kappa shape index (κ3) is 7.64. The van der Waals surface area contributed by atoms with Gasteiger partial charge >= 0.3 is 5.97 Å². The number of fused-ring (bicyclic) bond motifs is 1. The van der Waals surface area contributed by atoms with Crippen LogP contribution in [0.25, 0.3) is 0 Å². The van der Waals surface area contributed by atoms with Gasteiger partial charge in [0.05, 0.1) is 0 Å². The monoisotopic (exact) mass is 542 g/mol. The summed E-state index contributed by atoms with van der Waals surface area (Å²) in [6, 6.07) is 20.8. The fourth-order valence-corrected chi connectivity index (χ4v) is 6.03. The highest BCUT2D eigenvalue weighted by atomic mass is 19.1. The van der Waals surface area contributed by atoms with Gasteiger partial charge in [0.15, 0.2) is 5.78 Å². The number of benzene rings is 3. The lowest BCUT2D eigenvalue weighted by molar-refractivity contribution is -0.131. The van der Waals surface area contributed by atoms with Gasteiger partial charge in [-0.05, 0) is 98.6 Å². The Morgan fingerprint density at radius 2 is 1.68 bits per heavy atom. The lowest BCUT2D eigenvalue weighted by Gasteiger charge is -2.32. The minimum absolute atomic E-state index is 0.208. The number of nitrogens with zero attached hydrogens (tertiary/aromatic N) is 2. The van der Waals surface area contributed by atoms with Crippen LogP contribution in [0.4, 0.5) is 4.39 Å². The van der Waals surface area contributed by atoms with E-state index in [1.54, 1.807) is 0 Å². The molecule has 0 spiro atoms. The maximum Gasteiger partial charge on any atom is 0.308 e. The Hall–Kier alpha value is -3.35. The summed E-state index contributed by atoms with van der Waals surface area (Å²) < 4.78 is 18.7. The number of carbonyl (C=O) groups is 2. The maximum absolute atomic E-state index is 13.3. The molecule has 5 nitrogen and oxygen atoms in total. The number of esters is 1. The van der Waals surface area contributed by atoms with Crippen LogP contribution in [-0.2, 0) is 30.8 Å². The van der Waals surface area contributed by atoms with Crippen molar-refractivity contribution < 1.29 is 18.7 Å². The number of ether oxygens (including phenoxy) is 1. The van der Waals surface area contributed by atoms with Crippen LogP contribution in [0.3, 0.4) is 0 Å². The number of aryl methyl sites for hydroxylation is 1. The molecule has 1 saturated heterocycles. The second-order valence-corrected chi connectivity index (χ2v) is 11.3. The second kappa shape index (κ2) is 13.3. The number of para-hydroxylation sites is 1. The molecule has 3 aromatic carbocycles. The summed E-state index contributed by atoms with van der Waals surface area (Å²) in [4.78, 5) is 29.4. The molecule has 0 bridgehead atoms. The van der Waals surface area contributed by atoms with Gasteiger partial charge in [-0.25, -0.2) is 4.39 Å². The van der Waals surface area contributed by atoms with Crippen molar-refractivity contribution in [2.24, 2.45) is 5.92 Å². The van der Waals surface area contributed by atoms with E-state index in [0.29, 0.717) is 18.1 Å². The van der Waals surface area contributed by atoms with E-state index >= 15 is 0 Å². The third-order valence-electron chi connectivity index (χ3n) is 8.27. The van der Waals surface area contributed by atoms with Crippen molar-refractivity contribution in [3.05, 3.63) is 100 Å². The number of likely N-dealkylation sites (tertiary alicyclic amines) is 1. The first-order valence-corrected chi connectivity index (χ1v) is 14.5. The summed E-state index contributed by atoms with van der Waals surface area (Å²) in [6.45, 7) is 6.75. The fourth-order valence-electron chi connectivity index (χ4n) is 6.03. The normalized spacial score (nSPS) is 16.8. The van der Waals surface area contributed by atoms with Gasteiger partial charge in [-0.3, -0.25) is 19.4 Å². The molecule has 0 saturated carbocycles. The first kappa shape index (κ1) is 28.2. The maximum atomic E-state index is 13.3. The standard InChI is InChI=1S/C34H39FN2O3/c1-25(38)40-34-7-3-2-5-30(34)23-36-19-16-26(17-20-36)10-15-33(39)29-12-11-28-6-4-18-37(24-31(28)21-29)22-27-8-13-32(35)14-9-27/h2-3,5,7-9,11-14,21,26H,4,6,10,15-20,22-24H2,1H3. The molecular weight excluding hydrogens is 503 g/mol. The minimum atomic E-state index is -0.298. The predicted octanol–water partition coefficient (Wildman–Crippen LogP) is 6.57. The van der Waals surface area contributed by atoms with Crippen LogP contribution in [0.2, 0.25) is 0 Å². The number of Topliss-reactive ketones (excluding diaryl/α,β-unsaturated/α-hetero) is 1. The molecule has 0 unspecified atom stereocenters. The van der Waals surface area contributed by atoms with Crippen molar-refractivity contribution in [2.75, 3.05) is 19.6 Å². The van der Waals surface area contributed by atoms with Gasteiger partial charge < -0.3 is 4.74 Å². The molecular formula is C34H39FN2O3. The number of carbonyl (C=O) groups excluding carboxylic acids is 2. The Bertz CT molecular complexity index is 1320. The summed E-state index contributed by atoms with van der Waals surface area (Å²) >= 11 is 0. The number of hydrogen-bond donors (Lipinski definition) is 0. The quantitative estimate of drug-likeness (QED) is 0.174. The van der Waals surface area contributed by atoms with Crippen molar-refractivity contribution in [1.29, 1.82) is 0 Å². The lowest BCUT2D eigenvalue weighted by Crippen LogP contribution is -2.33. The molecule has 0 amide bonds. The zero-order valence-electron chi connectivity index (χ0n) is 23.4. The van der Waals surface area contributed by atoms with Crippen LogP contribution in [0.1, 0.15) is 71.6 Å². The molecule has 0 aliphatic carbocycles. The van der Waals surface area contributed by atoms with Crippen molar-refractivity contribution in [3.8, 4) is 5.75 Å². The molecule has 0 aromatic heterocycles. The van der Waals surface area contributed by atoms with Crippen LogP contribution < -0.4 is 4.74 Å². The highest BCUT2D eigenvalue weighted by Gasteiger charge is 2.22. The molecule has 5 rings (SSSR count). The van der Waals surface area contributed by atoms with Gasteiger partial charge in [0, 0.05) is 44.1 Å². The van der Waals surface area contributed by atoms with Crippen molar-refractivity contribution in [1.82, 2.24) is 9.80 Å². The molecule has 6 heteroatoms. The molecule has 2 aliphatic heterocycles. The Balaban J connectivity index is 1.11.